The minimum Gasteiger partial charge on any atom is -0.338 e. The lowest BCUT2D eigenvalue weighted by Gasteiger charge is -2.33. The summed E-state index contributed by atoms with van der Waals surface area (Å²) in [5.41, 5.74) is 2.51. The average Bonchev–Trinajstić information content (AvgIpc) is 3.66. The maximum atomic E-state index is 13.1. The van der Waals surface area contributed by atoms with Crippen LogP contribution in [0.1, 0.15) is 21.8 Å². The molecule has 4 aromatic heterocycles. The Morgan fingerprint density at radius 3 is 2.66 bits per heavy atom. The minimum absolute atomic E-state index is 0.00682. The molecular formula is C25H23N7O2S. The summed E-state index contributed by atoms with van der Waals surface area (Å²) in [5, 5.41) is 11.4. The topological polar surface area (TPSA) is 93.2 Å². The van der Waals surface area contributed by atoms with Gasteiger partial charge in [-0.2, -0.15) is 10.1 Å². The van der Waals surface area contributed by atoms with Gasteiger partial charge in [-0.3, -0.25) is 9.69 Å². The molecule has 1 aliphatic rings. The summed E-state index contributed by atoms with van der Waals surface area (Å²) >= 11 is 1.59. The van der Waals surface area contributed by atoms with Gasteiger partial charge in [-0.1, -0.05) is 41.6 Å². The molecule has 5 aromatic rings. The number of thiophene rings is 1. The van der Waals surface area contributed by atoms with Gasteiger partial charge in [-0.05, 0) is 23.1 Å². The van der Waals surface area contributed by atoms with Crippen molar-refractivity contribution in [2.24, 2.45) is 0 Å². The van der Waals surface area contributed by atoms with E-state index in [1.54, 1.807) is 23.7 Å². The number of carbonyl (C=O) groups is 1. The van der Waals surface area contributed by atoms with Crippen LogP contribution in [0.3, 0.4) is 0 Å². The van der Waals surface area contributed by atoms with Crippen molar-refractivity contribution in [1.82, 2.24) is 34.7 Å². The Hall–Kier alpha value is -3.89. The lowest BCUT2D eigenvalue weighted by molar-refractivity contribution is 0.0615. The van der Waals surface area contributed by atoms with Crippen LogP contribution >= 0.6 is 11.3 Å². The van der Waals surface area contributed by atoms with Gasteiger partial charge in [-0.15, -0.1) is 11.3 Å². The molecular weight excluding hydrogens is 462 g/mol. The van der Waals surface area contributed by atoms with Crippen molar-refractivity contribution in [3.05, 3.63) is 83.3 Å². The predicted molar refractivity (Wildman–Crippen MR) is 132 cm³/mol. The number of rotatable bonds is 6. The number of hydrogen-bond acceptors (Lipinski definition) is 8. The van der Waals surface area contributed by atoms with Crippen molar-refractivity contribution < 1.29 is 9.32 Å². The maximum absolute atomic E-state index is 13.1. The second-order valence-corrected chi connectivity index (χ2v) is 9.43. The van der Waals surface area contributed by atoms with Crippen LogP contribution < -0.4 is 0 Å². The molecule has 0 radical (unpaired) electrons. The van der Waals surface area contributed by atoms with Crippen molar-refractivity contribution in [1.29, 1.82) is 0 Å². The SMILES string of the molecule is O=C(c1cnc2c(cnn2Cc2ccccc2)c1)N1CCN(Cc2nc(-c3cccs3)no2)CC1. The number of nitrogens with zero attached hydrogens (tertiary/aromatic N) is 7. The molecule has 1 fully saturated rings. The lowest BCUT2D eigenvalue weighted by Crippen LogP contribution is -2.48. The molecule has 0 spiro atoms. The van der Waals surface area contributed by atoms with Crippen LogP contribution in [-0.2, 0) is 13.1 Å². The van der Waals surface area contributed by atoms with E-state index in [2.05, 4.69) is 37.3 Å². The molecule has 1 aliphatic heterocycles. The van der Waals surface area contributed by atoms with E-state index < -0.39 is 0 Å². The Morgan fingerprint density at radius 2 is 1.86 bits per heavy atom. The van der Waals surface area contributed by atoms with E-state index in [0.717, 1.165) is 34.6 Å². The van der Waals surface area contributed by atoms with Gasteiger partial charge >= 0.3 is 0 Å². The normalized spacial score (nSPS) is 14.6. The molecule has 0 saturated carbocycles. The van der Waals surface area contributed by atoms with E-state index in [0.29, 0.717) is 43.5 Å². The van der Waals surface area contributed by atoms with Gasteiger partial charge in [0, 0.05) is 37.8 Å². The fourth-order valence-electron chi connectivity index (χ4n) is 4.27. The Balaban J connectivity index is 1.07. The summed E-state index contributed by atoms with van der Waals surface area (Å²) in [7, 11) is 0. The van der Waals surface area contributed by atoms with Crippen molar-refractivity contribution in [2.45, 2.75) is 13.1 Å². The van der Waals surface area contributed by atoms with Crippen LogP contribution in [0.25, 0.3) is 21.7 Å². The summed E-state index contributed by atoms with van der Waals surface area (Å²) in [4.78, 5) is 27.3. The molecule has 0 atom stereocenters. The van der Waals surface area contributed by atoms with Gasteiger partial charge in [-0.25, -0.2) is 9.67 Å². The zero-order valence-electron chi connectivity index (χ0n) is 18.9. The van der Waals surface area contributed by atoms with Gasteiger partial charge < -0.3 is 9.42 Å². The third-order valence-corrected chi connectivity index (χ3v) is 6.99. The summed E-state index contributed by atoms with van der Waals surface area (Å²) in [6.45, 7) is 3.97. The first-order valence-corrected chi connectivity index (χ1v) is 12.3. The van der Waals surface area contributed by atoms with Crippen molar-refractivity contribution in [2.75, 3.05) is 26.2 Å². The van der Waals surface area contributed by atoms with Crippen LogP contribution in [0.2, 0.25) is 0 Å². The molecule has 176 valence electrons. The van der Waals surface area contributed by atoms with E-state index in [1.165, 1.54) is 0 Å². The van der Waals surface area contributed by atoms with Gasteiger partial charge in [0.25, 0.3) is 5.91 Å². The Labute approximate surface area is 205 Å². The molecule has 5 heterocycles. The van der Waals surface area contributed by atoms with E-state index >= 15 is 0 Å². The van der Waals surface area contributed by atoms with E-state index in [4.69, 9.17) is 4.52 Å². The summed E-state index contributed by atoms with van der Waals surface area (Å²) in [6, 6.07) is 16.0. The second-order valence-electron chi connectivity index (χ2n) is 8.48. The highest BCUT2D eigenvalue weighted by atomic mass is 32.1. The molecule has 0 unspecified atom stereocenters. The third kappa shape index (κ3) is 4.58. The molecule has 1 aromatic carbocycles. The van der Waals surface area contributed by atoms with Gasteiger partial charge in [0.2, 0.25) is 11.7 Å². The van der Waals surface area contributed by atoms with Crippen LogP contribution in [0.4, 0.5) is 0 Å². The molecule has 0 N–H and O–H groups in total. The van der Waals surface area contributed by atoms with E-state index in [-0.39, 0.29) is 5.91 Å². The predicted octanol–water partition coefficient (Wildman–Crippen LogP) is 3.55. The highest BCUT2D eigenvalue weighted by molar-refractivity contribution is 7.13. The van der Waals surface area contributed by atoms with Gasteiger partial charge in [0.15, 0.2) is 5.65 Å². The fourth-order valence-corrected chi connectivity index (χ4v) is 4.92. The fraction of sp³-hybridized carbons (Fsp3) is 0.240. The number of pyridine rings is 1. The zero-order chi connectivity index (χ0) is 23.6. The largest absolute Gasteiger partial charge is 0.338 e. The summed E-state index contributed by atoms with van der Waals surface area (Å²) in [5.74, 6) is 1.21. The highest BCUT2D eigenvalue weighted by Gasteiger charge is 2.24. The molecule has 10 heteroatoms. The molecule has 0 aliphatic carbocycles. The second kappa shape index (κ2) is 9.40. The number of amides is 1. The molecule has 9 nitrogen and oxygen atoms in total. The molecule has 1 amide bonds. The average molecular weight is 486 g/mol. The monoisotopic (exact) mass is 485 g/mol. The maximum Gasteiger partial charge on any atom is 0.255 e. The summed E-state index contributed by atoms with van der Waals surface area (Å²) < 4.78 is 7.28. The number of piperazine rings is 1. The molecule has 1 saturated heterocycles. The first-order valence-electron chi connectivity index (χ1n) is 11.5. The van der Waals surface area contributed by atoms with Crippen LogP contribution in [0.5, 0.6) is 0 Å². The Morgan fingerprint density at radius 1 is 1.00 bits per heavy atom. The lowest BCUT2D eigenvalue weighted by atomic mass is 10.2. The third-order valence-electron chi connectivity index (χ3n) is 6.13. The first-order chi connectivity index (χ1) is 17.2. The number of carbonyl (C=O) groups excluding carboxylic acids is 1. The van der Waals surface area contributed by atoms with Crippen LogP contribution in [-0.4, -0.2) is 66.8 Å². The van der Waals surface area contributed by atoms with E-state index in [9.17, 15) is 4.79 Å². The Kier molecular flexibility index (Phi) is 5.81. The van der Waals surface area contributed by atoms with Crippen LogP contribution in [0, 0.1) is 0 Å². The molecule has 6 rings (SSSR count). The number of hydrogen-bond donors (Lipinski definition) is 0. The van der Waals surface area contributed by atoms with Gasteiger partial charge in [0.1, 0.15) is 0 Å². The van der Waals surface area contributed by atoms with Gasteiger partial charge in [0.05, 0.1) is 29.7 Å². The van der Waals surface area contributed by atoms with E-state index in [1.807, 2.05) is 51.4 Å². The van der Waals surface area contributed by atoms with Crippen LogP contribution in [0.15, 0.2) is 70.8 Å². The summed E-state index contributed by atoms with van der Waals surface area (Å²) in [6.07, 6.45) is 3.43. The first kappa shape index (κ1) is 21.6. The highest BCUT2D eigenvalue weighted by Crippen LogP contribution is 2.22. The standard InChI is InChI=1S/C25H23N7O2S/c33-25(20-13-19-15-27-32(24(19)26-14-20)16-18-5-2-1-3-6-18)31-10-8-30(9-11-31)17-22-28-23(29-34-22)21-7-4-12-35-21/h1-7,12-15H,8-11,16-17H2. The molecule has 35 heavy (non-hydrogen) atoms. The minimum atomic E-state index is -0.00682. The smallest absolute Gasteiger partial charge is 0.255 e. The van der Waals surface area contributed by atoms with Crippen molar-refractivity contribution in [3.63, 3.8) is 0 Å². The Bertz CT molecular complexity index is 1440. The number of benzene rings is 1. The zero-order valence-corrected chi connectivity index (χ0v) is 19.8. The molecule has 0 bridgehead atoms. The quantitative estimate of drug-likeness (QED) is 0.363. The number of aromatic nitrogens is 5. The van der Waals surface area contributed by atoms with Crippen molar-refractivity contribution in [3.8, 4) is 10.7 Å². The number of fused-ring (bicyclic) bond motifs is 1. The van der Waals surface area contributed by atoms with Crippen molar-refractivity contribution >= 4 is 28.3 Å².